The summed E-state index contributed by atoms with van der Waals surface area (Å²) in [6.07, 6.45) is -1.46. The van der Waals surface area contributed by atoms with E-state index in [1.54, 1.807) is 0 Å². The average Bonchev–Trinajstić information content (AvgIpc) is 3.29. The van der Waals surface area contributed by atoms with Gasteiger partial charge in [0.15, 0.2) is 0 Å². The first-order chi connectivity index (χ1) is 19.1. The number of alkyl carbamates (subject to hydrolysis) is 1. The van der Waals surface area contributed by atoms with Gasteiger partial charge < -0.3 is 20.1 Å². The zero-order chi connectivity index (χ0) is 29.1. The van der Waals surface area contributed by atoms with Gasteiger partial charge >= 0.3 is 12.2 Å². The van der Waals surface area contributed by atoms with Crippen LogP contribution in [0.4, 0.5) is 9.59 Å². The number of nitrogens with one attached hydrogen (secondary N) is 3. The minimum Gasteiger partial charge on any atom is -0.445 e. The largest absolute Gasteiger partial charge is 0.445 e. The molecule has 0 aromatic heterocycles. The maximum atomic E-state index is 13.5. The van der Waals surface area contributed by atoms with Gasteiger partial charge in [-0.2, -0.15) is 5.43 Å². The number of carbonyl (C=O) groups is 4. The number of hydrogen-bond donors (Lipinski definition) is 3. The number of cyclic esters (lactones) is 1. The van der Waals surface area contributed by atoms with Crippen LogP contribution in [-0.4, -0.2) is 53.7 Å². The first kappa shape index (κ1) is 30.6. The van der Waals surface area contributed by atoms with Crippen LogP contribution in [0.3, 0.4) is 0 Å². The van der Waals surface area contributed by atoms with Gasteiger partial charge in [-0.1, -0.05) is 88.4 Å². The number of aryl methyl sites for hydroxylation is 1. The van der Waals surface area contributed by atoms with Crippen molar-refractivity contribution in [3.05, 3.63) is 71.8 Å². The number of ketones is 1. The molecule has 0 aliphatic carbocycles. The monoisotopic (exact) mass is 552 g/mol. The molecule has 1 fully saturated rings. The first-order valence-corrected chi connectivity index (χ1v) is 13.7. The van der Waals surface area contributed by atoms with E-state index in [4.69, 9.17) is 9.47 Å². The molecule has 1 aliphatic rings. The Labute approximate surface area is 235 Å². The Morgan fingerprint density at radius 3 is 2.12 bits per heavy atom. The highest BCUT2D eigenvalue weighted by molar-refractivity contribution is 5.95. The molecule has 40 heavy (non-hydrogen) atoms. The Kier molecular flexibility index (Phi) is 11.5. The van der Waals surface area contributed by atoms with Crippen molar-refractivity contribution in [1.29, 1.82) is 0 Å². The molecule has 0 bridgehead atoms. The lowest BCUT2D eigenvalue weighted by Crippen LogP contribution is -2.55. The number of Topliss-reactive ketones (excluding diaryl/α,β-unsaturated/α-hetero) is 1. The van der Waals surface area contributed by atoms with E-state index in [9.17, 15) is 19.2 Å². The van der Waals surface area contributed by atoms with Crippen molar-refractivity contribution in [2.24, 2.45) is 11.8 Å². The number of rotatable bonds is 14. The first-order valence-electron chi connectivity index (χ1n) is 13.7. The Morgan fingerprint density at radius 1 is 0.900 bits per heavy atom. The van der Waals surface area contributed by atoms with Crippen LogP contribution in [0.25, 0.3) is 0 Å². The normalized spacial score (nSPS) is 16.4. The van der Waals surface area contributed by atoms with Crippen LogP contribution in [0.15, 0.2) is 60.7 Å². The van der Waals surface area contributed by atoms with Gasteiger partial charge in [0.1, 0.15) is 12.6 Å². The summed E-state index contributed by atoms with van der Waals surface area (Å²) in [4.78, 5) is 51.8. The zero-order valence-corrected chi connectivity index (χ0v) is 23.6. The summed E-state index contributed by atoms with van der Waals surface area (Å²) < 4.78 is 10.6. The molecule has 3 atom stereocenters. The molecule has 1 aliphatic heterocycles. The molecule has 1 heterocycles. The van der Waals surface area contributed by atoms with E-state index in [-0.39, 0.29) is 24.9 Å². The van der Waals surface area contributed by atoms with E-state index >= 15 is 0 Å². The van der Waals surface area contributed by atoms with Crippen LogP contribution < -0.4 is 16.1 Å². The third-order valence-electron chi connectivity index (χ3n) is 6.27. The van der Waals surface area contributed by atoms with Crippen molar-refractivity contribution >= 4 is 23.9 Å². The summed E-state index contributed by atoms with van der Waals surface area (Å²) in [6, 6.07) is 16.9. The van der Waals surface area contributed by atoms with E-state index in [1.165, 1.54) is 5.01 Å². The number of ether oxygens (including phenoxy) is 2. The van der Waals surface area contributed by atoms with Gasteiger partial charge in [0.25, 0.3) is 0 Å². The molecule has 0 saturated carbocycles. The average molecular weight is 553 g/mol. The van der Waals surface area contributed by atoms with Crippen LogP contribution in [0.5, 0.6) is 0 Å². The molecule has 3 amide bonds. The van der Waals surface area contributed by atoms with Crippen molar-refractivity contribution in [3.63, 3.8) is 0 Å². The molecular weight excluding hydrogens is 512 g/mol. The summed E-state index contributed by atoms with van der Waals surface area (Å²) in [6.45, 7) is 8.18. The molecule has 10 heteroatoms. The summed E-state index contributed by atoms with van der Waals surface area (Å²) in [7, 11) is 0. The van der Waals surface area contributed by atoms with Crippen molar-refractivity contribution in [3.8, 4) is 0 Å². The van der Waals surface area contributed by atoms with E-state index in [0.717, 1.165) is 11.1 Å². The summed E-state index contributed by atoms with van der Waals surface area (Å²) in [5.74, 6) is -0.753. The Hall–Kier alpha value is -3.92. The van der Waals surface area contributed by atoms with Crippen molar-refractivity contribution in [1.82, 2.24) is 21.1 Å². The van der Waals surface area contributed by atoms with E-state index in [2.05, 4.69) is 16.1 Å². The third kappa shape index (κ3) is 9.68. The van der Waals surface area contributed by atoms with Crippen molar-refractivity contribution in [2.45, 2.75) is 71.9 Å². The maximum absolute atomic E-state index is 13.5. The molecule has 3 N–H and O–H groups in total. The second kappa shape index (κ2) is 15.0. The number of hydrazine groups is 1. The topological polar surface area (TPSA) is 126 Å². The van der Waals surface area contributed by atoms with Gasteiger partial charge in [0, 0.05) is 6.54 Å². The van der Waals surface area contributed by atoms with Crippen LogP contribution in [-0.2, 0) is 32.1 Å². The summed E-state index contributed by atoms with van der Waals surface area (Å²) in [5.41, 5.74) is 4.63. The molecule has 2 aromatic rings. The molecule has 1 unspecified atom stereocenters. The standard InChI is InChI=1S/C30H40N4O6/c1-20(2)17-25(32-29(37)39-19-23-13-9-6-10-14-23)27(36)31-24(16-15-22-11-7-5-8-12-22)26(35)28-33-34(18-21(3)4)30(38)40-28/h5-14,20-21,24-25,28,33H,15-19H2,1-4H3,(H,31,36)(H,32,37)/t24-,25-,28?/m0/s1. The van der Waals surface area contributed by atoms with Gasteiger partial charge in [0.2, 0.25) is 17.9 Å². The fourth-order valence-electron chi connectivity index (χ4n) is 4.31. The predicted octanol–water partition coefficient (Wildman–Crippen LogP) is 3.95. The zero-order valence-electron chi connectivity index (χ0n) is 23.6. The van der Waals surface area contributed by atoms with Gasteiger partial charge in [-0.05, 0) is 42.2 Å². The van der Waals surface area contributed by atoms with Crippen molar-refractivity contribution in [2.75, 3.05) is 6.54 Å². The minimum absolute atomic E-state index is 0.0620. The van der Waals surface area contributed by atoms with Gasteiger partial charge in [-0.25, -0.2) is 14.6 Å². The Morgan fingerprint density at radius 2 is 1.52 bits per heavy atom. The fourth-order valence-corrected chi connectivity index (χ4v) is 4.31. The Bertz CT molecular complexity index is 1130. The molecule has 0 radical (unpaired) electrons. The lowest BCUT2D eigenvalue weighted by Gasteiger charge is -2.25. The molecule has 3 rings (SSSR count). The number of carbonyl (C=O) groups excluding carboxylic acids is 4. The lowest BCUT2D eigenvalue weighted by molar-refractivity contribution is -0.134. The molecule has 2 aromatic carbocycles. The smallest absolute Gasteiger partial charge is 0.426 e. The van der Waals surface area contributed by atoms with Crippen LogP contribution in [0.1, 0.15) is 51.7 Å². The van der Waals surface area contributed by atoms with Crippen LogP contribution in [0, 0.1) is 11.8 Å². The highest BCUT2D eigenvalue weighted by atomic mass is 16.6. The molecule has 216 valence electrons. The van der Waals surface area contributed by atoms with Gasteiger partial charge in [-0.3, -0.25) is 9.59 Å². The highest BCUT2D eigenvalue weighted by Crippen LogP contribution is 2.15. The van der Waals surface area contributed by atoms with E-state index in [0.29, 0.717) is 19.4 Å². The van der Waals surface area contributed by atoms with Gasteiger partial charge in [-0.15, -0.1) is 0 Å². The predicted molar refractivity (Wildman–Crippen MR) is 150 cm³/mol. The van der Waals surface area contributed by atoms with E-state index < -0.39 is 42.2 Å². The number of amides is 3. The molecule has 1 saturated heterocycles. The fraction of sp³-hybridized carbons (Fsp3) is 0.467. The Balaban J connectivity index is 1.70. The molecule has 10 nitrogen and oxygen atoms in total. The van der Waals surface area contributed by atoms with Crippen molar-refractivity contribution < 1.29 is 28.7 Å². The van der Waals surface area contributed by atoms with Crippen LogP contribution in [0.2, 0.25) is 0 Å². The highest BCUT2D eigenvalue weighted by Gasteiger charge is 2.40. The minimum atomic E-state index is -1.22. The lowest BCUT2D eigenvalue weighted by atomic mass is 9.99. The quantitative estimate of drug-likeness (QED) is 0.324. The SMILES string of the molecule is CC(C)C[C@H](NC(=O)OCc1ccccc1)C(=O)N[C@@H](CCc1ccccc1)C(=O)C1NN(CC(C)C)C(=O)O1. The number of benzene rings is 2. The molecule has 0 spiro atoms. The summed E-state index contributed by atoms with van der Waals surface area (Å²) in [5, 5.41) is 6.73. The summed E-state index contributed by atoms with van der Waals surface area (Å²) >= 11 is 0. The number of hydrogen-bond acceptors (Lipinski definition) is 7. The second-order valence-electron chi connectivity index (χ2n) is 10.8. The van der Waals surface area contributed by atoms with Crippen LogP contribution >= 0.6 is 0 Å². The van der Waals surface area contributed by atoms with E-state index in [1.807, 2.05) is 88.4 Å². The number of nitrogens with zero attached hydrogens (tertiary/aromatic N) is 1. The molecular formula is C30H40N4O6. The third-order valence-corrected chi connectivity index (χ3v) is 6.27. The second-order valence-corrected chi connectivity index (χ2v) is 10.8. The van der Waals surface area contributed by atoms with Gasteiger partial charge in [0.05, 0.1) is 6.04 Å². The maximum Gasteiger partial charge on any atom is 0.426 e.